The molecule has 2 atom stereocenters. The molecule has 2 saturated heterocycles. The third-order valence-corrected chi connectivity index (χ3v) is 5.41. The summed E-state index contributed by atoms with van der Waals surface area (Å²) >= 11 is 0. The maximum absolute atomic E-state index is 10.6. The van der Waals surface area contributed by atoms with Crippen molar-refractivity contribution in [2.75, 3.05) is 36.8 Å². The van der Waals surface area contributed by atoms with E-state index in [0.29, 0.717) is 12.5 Å². The van der Waals surface area contributed by atoms with Crippen LogP contribution in [0, 0.1) is 6.92 Å². The number of aryl methyl sites for hydroxylation is 1. The summed E-state index contributed by atoms with van der Waals surface area (Å²) in [6, 6.07) is 0.209. The molecule has 24 heavy (non-hydrogen) atoms. The van der Waals surface area contributed by atoms with Crippen LogP contribution < -0.4 is 10.6 Å². The summed E-state index contributed by atoms with van der Waals surface area (Å²) < 4.78 is 0. The molecule has 3 rings (SSSR count). The van der Waals surface area contributed by atoms with E-state index in [1.54, 1.807) is 0 Å². The van der Waals surface area contributed by atoms with Crippen molar-refractivity contribution in [3.05, 3.63) is 11.3 Å². The molecule has 0 amide bonds. The topological polar surface area (TPSA) is 78.5 Å². The number of nitrogens with two attached hydrogens (primary N) is 1. The fraction of sp³-hybridized carbons (Fsp3) is 0.778. The minimum absolute atomic E-state index is 0.209. The van der Waals surface area contributed by atoms with Crippen LogP contribution in [0.3, 0.4) is 0 Å². The van der Waals surface area contributed by atoms with Crippen molar-refractivity contribution >= 4 is 11.8 Å². The van der Waals surface area contributed by atoms with Gasteiger partial charge in [-0.15, -0.1) is 0 Å². The molecule has 3 N–H and O–H groups in total. The Balaban J connectivity index is 1.81. The normalized spacial score (nSPS) is 25.4. The molecule has 0 saturated carbocycles. The molecule has 0 unspecified atom stereocenters. The molecule has 0 bridgehead atoms. The van der Waals surface area contributed by atoms with E-state index in [2.05, 4.69) is 26.7 Å². The average Bonchev–Trinajstić information content (AvgIpc) is 2.96. The number of aliphatic hydroxyl groups is 1. The number of unbranched alkanes of at least 4 members (excludes halogenated alkanes) is 1. The van der Waals surface area contributed by atoms with Gasteiger partial charge >= 0.3 is 0 Å². The summed E-state index contributed by atoms with van der Waals surface area (Å²) in [4.78, 5) is 13.6. The molecule has 6 heteroatoms. The van der Waals surface area contributed by atoms with Crippen LogP contribution in [0.2, 0.25) is 0 Å². The first kappa shape index (κ1) is 17.4. The minimum Gasteiger partial charge on any atom is -0.390 e. The first-order valence-electron chi connectivity index (χ1n) is 9.40. The lowest BCUT2D eigenvalue weighted by Crippen LogP contribution is -2.45. The number of aliphatic hydroxyl groups excluding tert-OH is 1. The summed E-state index contributed by atoms with van der Waals surface area (Å²) in [5.41, 5.74) is 8.08. The quantitative estimate of drug-likeness (QED) is 0.855. The molecule has 1 aromatic rings. The zero-order valence-corrected chi connectivity index (χ0v) is 15.0. The van der Waals surface area contributed by atoms with Crippen molar-refractivity contribution < 1.29 is 5.11 Å². The molecule has 134 valence electrons. The van der Waals surface area contributed by atoms with Crippen LogP contribution in [0.4, 0.5) is 11.8 Å². The Labute approximate surface area is 145 Å². The van der Waals surface area contributed by atoms with Crippen LogP contribution in [-0.2, 0) is 6.42 Å². The van der Waals surface area contributed by atoms with Gasteiger partial charge < -0.3 is 15.7 Å². The number of nitrogen functional groups attached to an aromatic ring is 1. The number of aromatic nitrogens is 2. The summed E-state index contributed by atoms with van der Waals surface area (Å²) in [6.45, 7) is 7.87. The molecule has 6 nitrogen and oxygen atoms in total. The van der Waals surface area contributed by atoms with E-state index in [0.717, 1.165) is 50.4 Å². The van der Waals surface area contributed by atoms with Crippen molar-refractivity contribution in [2.45, 2.75) is 64.5 Å². The highest BCUT2D eigenvalue weighted by atomic mass is 16.3. The number of hydrogen-bond acceptors (Lipinski definition) is 6. The monoisotopic (exact) mass is 333 g/mol. The number of nitrogens with zero attached hydrogens (tertiary/aromatic N) is 4. The van der Waals surface area contributed by atoms with Crippen LogP contribution in [0.5, 0.6) is 0 Å². The van der Waals surface area contributed by atoms with Gasteiger partial charge in [0, 0.05) is 24.3 Å². The second-order valence-corrected chi connectivity index (χ2v) is 7.21. The lowest BCUT2D eigenvalue weighted by molar-refractivity contribution is 0.0706. The summed E-state index contributed by atoms with van der Waals surface area (Å²) in [6.07, 6.45) is 6.70. The van der Waals surface area contributed by atoms with Gasteiger partial charge in [-0.3, -0.25) is 4.90 Å². The minimum atomic E-state index is -0.321. The van der Waals surface area contributed by atoms with E-state index in [9.17, 15) is 5.11 Å². The third-order valence-electron chi connectivity index (χ3n) is 5.41. The molecule has 3 heterocycles. The molecule has 0 aliphatic carbocycles. The van der Waals surface area contributed by atoms with Crippen LogP contribution in [0.25, 0.3) is 0 Å². The van der Waals surface area contributed by atoms with Gasteiger partial charge in [-0.2, -0.15) is 4.98 Å². The Morgan fingerprint density at radius 2 is 1.92 bits per heavy atom. The zero-order chi connectivity index (χ0) is 17.1. The highest BCUT2D eigenvalue weighted by molar-refractivity contribution is 5.53. The highest BCUT2D eigenvalue weighted by Gasteiger charge is 2.37. The van der Waals surface area contributed by atoms with Gasteiger partial charge in [0.1, 0.15) is 5.82 Å². The van der Waals surface area contributed by atoms with Crippen molar-refractivity contribution in [1.82, 2.24) is 14.9 Å². The molecule has 2 aliphatic rings. The van der Waals surface area contributed by atoms with Crippen LogP contribution in [-0.4, -0.2) is 58.3 Å². The number of rotatable bonds is 5. The molecular weight excluding hydrogens is 302 g/mol. The fourth-order valence-electron chi connectivity index (χ4n) is 4.06. The number of β-amino-alcohol motifs (C(OH)–C–C–N with tert-alkyl or cyclic N) is 1. The third kappa shape index (κ3) is 3.64. The van der Waals surface area contributed by atoms with Crippen LogP contribution in [0.1, 0.15) is 50.3 Å². The largest absolute Gasteiger partial charge is 0.390 e. The van der Waals surface area contributed by atoms with E-state index in [-0.39, 0.29) is 12.1 Å². The van der Waals surface area contributed by atoms with Crippen molar-refractivity contribution in [1.29, 1.82) is 0 Å². The van der Waals surface area contributed by atoms with E-state index in [1.165, 1.54) is 24.8 Å². The van der Waals surface area contributed by atoms with E-state index in [1.807, 2.05) is 6.92 Å². The fourth-order valence-corrected chi connectivity index (χ4v) is 4.06. The van der Waals surface area contributed by atoms with E-state index >= 15 is 0 Å². The highest BCUT2D eigenvalue weighted by Crippen LogP contribution is 2.29. The maximum atomic E-state index is 10.6. The van der Waals surface area contributed by atoms with E-state index < -0.39 is 0 Å². The van der Waals surface area contributed by atoms with Crippen molar-refractivity contribution in [3.8, 4) is 0 Å². The number of likely N-dealkylation sites (tertiary alicyclic amines) is 1. The lowest BCUT2D eigenvalue weighted by Gasteiger charge is -2.33. The average molecular weight is 333 g/mol. The summed E-state index contributed by atoms with van der Waals surface area (Å²) in [7, 11) is 0. The Morgan fingerprint density at radius 3 is 2.62 bits per heavy atom. The predicted octanol–water partition coefficient (Wildman–Crippen LogP) is 1.75. The van der Waals surface area contributed by atoms with Gasteiger partial charge in [0.2, 0.25) is 5.95 Å². The van der Waals surface area contributed by atoms with E-state index in [4.69, 9.17) is 5.73 Å². The number of piperidine rings is 1. The van der Waals surface area contributed by atoms with Gasteiger partial charge in [-0.05, 0) is 45.7 Å². The first-order valence-corrected chi connectivity index (χ1v) is 9.40. The SMILES string of the molecule is CCCCc1c(C)nc(N)nc1N1C[C@@H](O)[C@H](N2CCCCC2)C1. The smallest absolute Gasteiger partial charge is 0.222 e. The molecule has 2 fully saturated rings. The molecule has 0 spiro atoms. The number of anilines is 2. The van der Waals surface area contributed by atoms with Crippen molar-refractivity contribution in [2.24, 2.45) is 0 Å². The second-order valence-electron chi connectivity index (χ2n) is 7.21. The number of hydrogen-bond donors (Lipinski definition) is 2. The van der Waals surface area contributed by atoms with Crippen LogP contribution in [0.15, 0.2) is 0 Å². The second kappa shape index (κ2) is 7.66. The van der Waals surface area contributed by atoms with Gasteiger partial charge in [0.05, 0.1) is 12.1 Å². The molecule has 1 aromatic heterocycles. The van der Waals surface area contributed by atoms with Gasteiger partial charge in [-0.1, -0.05) is 19.8 Å². The lowest BCUT2D eigenvalue weighted by atomic mass is 10.1. The standard InChI is InChI=1S/C18H31N5O/c1-3-4-8-14-13(2)20-18(19)21-17(14)23-11-15(16(24)12-23)22-9-6-5-7-10-22/h15-16,24H,3-12H2,1-2H3,(H2,19,20,21)/t15-,16-/m1/s1. The molecule has 0 aromatic carbocycles. The Hall–Kier alpha value is -1.40. The molecular formula is C18H31N5O. The van der Waals surface area contributed by atoms with Gasteiger partial charge in [0.15, 0.2) is 0 Å². The molecule has 2 aliphatic heterocycles. The Morgan fingerprint density at radius 1 is 1.17 bits per heavy atom. The predicted molar refractivity (Wildman–Crippen MR) is 97.2 cm³/mol. The molecule has 0 radical (unpaired) electrons. The zero-order valence-electron chi connectivity index (χ0n) is 15.0. The van der Waals surface area contributed by atoms with Gasteiger partial charge in [-0.25, -0.2) is 4.98 Å². The Kier molecular flexibility index (Phi) is 5.56. The summed E-state index contributed by atoms with van der Waals surface area (Å²) in [5, 5.41) is 10.6. The maximum Gasteiger partial charge on any atom is 0.222 e. The van der Waals surface area contributed by atoms with Gasteiger partial charge in [0.25, 0.3) is 0 Å². The first-order chi connectivity index (χ1) is 11.6. The van der Waals surface area contributed by atoms with Crippen molar-refractivity contribution in [3.63, 3.8) is 0 Å². The van der Waals surface area contributed by atoms with Crippen LogP contribution >= 0.6 is 0 Å². The summed E-state index contributed by atoms with van der Waals surface area (Å²) in [5.74, 6) is 1.27. The Bertz CT molecular complexity index is 559.